The Morgan fingerprint density at radius 2 is 2.10 bits per heavy atom. The van der Waals surface area contributed by atoms with Gasteiger partial charge in [0.15, 0.2) is 6.10 Å². The molecule has 0 heterocycles. The summed E-state index contributed by atoms with van der Waals surface area (Å²) in [7, 11) is 1.86. The number of nitrogens with zero attached hydrogens (tertiary/aromatic N) is 2. The van der Waals surface area contributed by atoms with Crippen molar-refractivity contribution in [3.8, 4) is 11.8 Å². The second-order valence-electron chi connectivity index (χ2n) is 5.64. The molecule has 1 aliphatic carbocycles. The van der Waals surface area contributed by atoms with Gasteiger partial charge in [-0.3, -0.25) is 4.79 Å². The largest absolute Gasteiger partial charge is 0.481 e. The van der Waals surface area contributed by atoms with Gasteiger partial charge in [0, 0.05) is 13.1 Å². The van der Waals surface area contributed by atoms with Crippen molar-refractivity contribution in [3.05, 3.63) is 29.8 Å². The number of benzene rings is 1. The molecule has 0 aromatic heterocycles. The minimum absolute atomic E-state index is 0.00395. The summed E-state index contributed by atoms with van der Waals surface area (Å²) in [5.41, 5.74) is 0.535. The minimum atomic E-state index is -0.536. The number of likely N-dealkylation sites (N-methyl/N-ethyl adjacent to an activating group) is 1. The van der Waals surface area contributed by atoms with E-state index < -0.39 is 6.10 Å². The van der Waals surface area contributed by atoms with Gasteiger partial charge in [-0.2, -0.15) is 5.26 Å². The normalized spacial score (nSPS) is 16.8. The van der Waals surface area contributed by atoms with Crippen LogP contribution in [0.2, 0.25) is 0 Å². The monoisotopic (exact) mass is 286 g/mol. The van der Waals surface area contributed by atoms with Gasteiger partial charge in [0.1, 0.15) is 5.75 Å². The lowest BCUT2D eigenvalue weighted by molar-refractivity contribution is -0.139. The number of ether oxygens (including phenoxy) is 1. The Morgan fingerprint density at radius 3 is 2.76 bits per heavy atom. The van der Waals surface area contributed by atoms with Gasteiger partial charge in [-0.15, -0.1) is 0 Å². The third-order valence-electron chi connectivity index (χ3n) is 4.09. The molecular weight excluding hydrogens is 264 g/mol. The molecule has 0 saturated heterocycles. The van der Waals surface area contributed by atoms with Gasteiger partial charge in [-0.05, 0) is 38.0 Å². The minimum Gasteiger partial charge on any atom is -0.481 e. The number of amides is 1. The molecule has 1 unspecified atom stereocenters. The highest BCUT2D eigenvalue weighted by atomic mass is 16.5. The second kappa shape index (κ2) is 7.12. The highest BCUT2D eigenvalue weighted by Crippen LogP contribution is 2.23. The first-order chi connectivity index (χ1) is 10.1. The van der Waals surface area contributed by atoms with Gasteiger partial charge < -0.3 is 9.64 Å². The van der Waals surface area contributed by atoms with Gasteiger partial charge in [0.2, 0.25) is 0 Å². The maximum atomic E-state index is 12.4. The third kappa shape index (κ3) is 3.98. The molecule has 1 fully saturated rings. The fraction of sp³-hybridized carbons (Fsp3) is 0.529. The predicted molar refractivity (Wildman–Crippen MR) is 80.9 cm³/mol. The SMILES string of the molecule is CC(Oc1cccc(C#N)c1)C(=O)N(C)C1CCCCC1. The summed E-state index contributed by atoms with van der Waals surface area (Å²) in [5, 5.41) is 8.88. The van der Waals surface area contributed by atoms with Crippen LogP contribution in [0.25, 0.3) is 0 Å². The molecule has 1 aromatic rings. The lowest BCUT2D eigenvalue weighted by atomic mass is 9.94. The number of rotatable bonds is 4. The Kier molecular flexibility index (Phi) is 5.21. The van der Waals surface area contributed by atoms with Crippen LogP contribution in [0.5, 0.6) is 5.75 Å². The Hall–Kier alpha value is -2.02. The highest BCUT2D eigenvalue weighted by molar-refractivity contribution is 5.81. The molecule has 1 atom stereocenters. The Balaban J connectivity index is 1.96. The average molecular weight is 286 g/mol. The zero-order valence-electron chi connectivity index (χ0n) is 12.7. The molecular formula is C17H22N2O2. The van der Waals surface area contributed by atoms with Crippen LogP contribution >= 0.6 is 0 Å². The molecule has 112 valence electrons. The molecule has 0 aliphatic heterocycles. The molecule has 0 radical (unpaired) electrons. The molecule has 0 bridgehead atoms. The number of hydrogen-bond acceptors (Lipinski definition) is 3. The third-order valence-corrected chi connectivity index (χ3v) is 4.09. The first kappa shape index (κ1) is 15.4. The predicted octanol–water partition coefficient (Wildman–Crippen LogP) is 3.12. The fourth-order valence-corrected chi connectivity index (χ4v) is 2.83. The standard InChI is InChI=1S/C17H22N2O2/c1-13(21-16-10-6-7-14(11-16)12-18)17(20)19(2)15-8-4-3-5-9-15/h6-7,10-11,13,15H,3-5,8-9H2,1-2H3. The molecule has 2 rings (SSSR count). The van der Waals surface area contributed by atoms with E-state index in [4.69, 9.17) is 10.00 Å². The molecule has 4 nitrogen and oxygen atoms in total. The lowest BCUT2D eigenvalue weighted by Crippen LogP contribution is -2.44. The average Bonchev–Trinajstić information content (AvgIpc) is 2.54. The quantitative estimate of drug-likeness (QED) is 0.854. The Morgan fingerprint density at radius 1 is 1.38 bits per heavy atom. The number of carbonyl (C=O) groups excluding carboxylic acids is 1. The fourth-order valence-electron chi connectivity index (χ4n) is 2.83. The maximum Gasteiger partial charge on any atom is 0.263 e. The number of nitriles is 1. The summed E-state index contributed by atoms with van der Waals surface area (Å²) in [5.74, 6) is 0.566. The van der Waals surface area contributed by atoms with Crippen molar-refractivity contribution in [1.82, 2.24) is 4.90 Å². The molecule has 1 aliphatic rings. The molecule has 21 heavy (non-hydrogen) atoms. The van der Waals surface area contributed by atoms with E-state index in [-0.39, 0.29) is 5.91 Å². The van der Waals surface area contributed by atoms with Gasteiger partial charge >= 0.3 is 0 Å². The summed E-state index contributed by atoms with van der Waals surface area (Å²) in [4.78, 5) is 14.3. The number of hydrogen-bond donors (Lipinski definition) is 0. The van der Waals surface area contributed by atoms with Crippen LogP contribution in [-0.2, 0) is 4.79 Å². The van der Waals surface area contributed by atoms with Gasteiger partial charge in [0.25, 0.3) is 5.91 Å². The Labute approximate surface area is 126 Å². The van der Waals surface area contributed by atoms with E-state index in [1.807, 2.05) is 11.9 Å². The molecule has 4 heteroatoms. The van der Waals surface area contributed by atoms with Crippen molar-refractivity contribution >= 4 is 5.91 Å². The van der Waals surface area contributed by atoms with Crippen LogP contribution in [0.4, 0.5) is 0 Å². The smallest absolute Gasteiger partial charge is 0.263 e. The van der Waals surface area contributed by atoms with Crippen LogP contribution in [0.3, 0.4) is 0 Å². The van der Waals surface area contributed by atoms with Crippen LogP contribution in [0, 0.1) is 11.3 Å². The molecule has 1 aromatic carbocycles. The summed E-state index contributed by atoms with van der Waals surface area (Å²) in [6.45, 7) is 1.76. The van der Waals surface area contributed by atoms with Crippen molar-refractivity contribution in [2.45, 2.75) is 51.2 Å². The van der Waals surface area contributed by atoms with Crippen molar-refractivity contribution in [2.75, 3.05) is 7.05 Å². The highest BCUT2D eigenvalue weighted by Gasteiger charge is 2.26. The lowest BCUT2D eigenvalue weighted by Gasteiger charge is -2.32. The van der Waals surface area contributed by atoms with Gasteiger partial charge in [0.05, 0.1) is 11.6 Å². The Bertz CT molecular complexity index is 530. The molecule has 1 amide bonds. The number of carbonyl (C=O) groups is 1. The van der Waals surface area contributed by atoms with Crippen LogP contribution in [0.15, 0.2) is 24.3 Å². The molecule has 1 saturated carbocycles. The van der Waals surface area contributed by atoms with E-state index in [9.17, 15) is 4.79 Å². The van der Waals surface area contributed by atoms with Crippen molar-refractivity contribution in [3.63, 3.8) is 0 Å². The van der Waals surface area contributed by atoms with Gasteiger partial charge in [-0.1, -0.05) is 25.3 Å². The molecule has 0 N–H and O–H groups in total. The van der Waals surface area contributed by atoms with Crippen LogP contribution in [-0.4, -0.2) is 30.0 Å². The first-order valence-corrected chi connectivity index (χ1v) is 7.55. The van der Waals surface area contributed by atoms with Crippen molar-refractivity contribution < 1.29 is 9.53 Å². The van der Waals surface area contributed by atoms with Gasteiger partial charge in [-0.25, -0.2) is 0 Å². The topological polar surface area (TPSA) is 53.3 Å². The summed E-state index contributed by atoms with van der Waals surface area (Å²) in [6.07, 6.45) is 5.29. The summed E-state index contributed by atoms with van der Waals surface area (Å²) in [6, 6.07) is 9.31. The van der Waals surface area contributed by atoms with E-state index >= 15 is 0 Å². The molecule has 0 spiro atoms. The van der Waals surface area contributed by atoms with Crippen molar-refractivity contribution in [1.29, 1.82) is 5.26 Å². The van der Waals surface area contributed by atoms with Crippen molar-refractivity contribution in [2.24, 2.45) is 0 Å². The van der Waals surface area contributed by atoms with E-state index in [0.717, 1.165) is 12.8 Å². The zero-order valence-corrected chi connectivity index (χ0v) is 12.7. The van der Waals surface area contributed by atoms with E-state index in [0.29, 0.717) is 17.4 Å². The van der Waals surface area contributed by atoms with Crippen LogP contribution < -0.4 is 4.74 Å². The van der Waals surface area contributed by atoms with E-state index in [2.05, 4.69) is 6.07 Å². The summed E-state index contributed by atoms with van der Waals surface area (Å²) < 4.78 is 5.69. The zero-order chi connectivity index (χ0) is 15.2. The van der Waals surface area contributed by atoms with Crippen LogP contribution in [0.1, 0.15) is 44.6 Å². The van der Waals surface area contributed by atoms with E-state index in [1.54, 1.807) is 31.2 Å². The second-order valence-corrected chi connectivity index (χ2v) is 5.64. The maximum absolute atomic E-state index is 12.4. The first-order valence-electron chi connectivity index (χ1n) is 7.55. The van der Waals surface area contributed by atoms with E-state index in [1.165, 1.54) is 19.3 Å². The summed E-state index contributed by atoms with van der Waals surface area (Å²) >= 11 is 0.